The van der Waals surface area contributed by atoms with Crippen molar-refractivity contribution in [2.24, 2.45) is 5.92 Å². The molecule has 0 aromatic heterocycles. The molecule has 2 unspecified atom stereocenters. The average molecular weight is 286 g/mol. The molecule has 114 valence electrons. The molecule has 2 N–H and O–H groups in total. The molecule has 2 fully saturated rings. The minimum atomic E-state index is -1.73. The number of carboxylic acid groups (broad SMARTS) is 2. The van der Waals surface area contributed by atoms with Gasteiger partial charge in [0.2, 0.25) is 5.60 Å². The van der Waals surface area contributed by atoms with Gasteiger partial charge in [-0.15, -0.1) is 0 Å². The van der Waals surface area contributed by atoms with Crippen LogP contribution in [0.15, 0.2) is 0 Å². The molecule has 2 saturated carbocycles. The average Bonchev–Trinajstić information content (AvgIpc) is 2.46. The lowest BCUT2D eigenvalue weighted by Gasteiger charge is -2.37. The summed E-state index contributed by atoms with van der Waals surface area (Å²) >= 11 is 0. The van der Waals surface area contributed by atoms with E-state index in [-0.39, 0.29) is 12.5 Å². The Kier molecular flexibility index (Phi) is 4.99. The third kappa shape index (κ3) is 3.12. The molecule has 0 aromatic rings. The van der Waals surface area contributed by atoms with Gasteiger partial charge in [-0.05, 0) is 32.1 Å². The first-order valence-electron chi connectivity index (χ1n) is 7.37. The van der Waals surface area contributed by atoms with E-state index in [2.05, 4.69) is 0 Å². The molecule has 20 heavy (non-hydrogen) atoms. The van der Waals surface area contributed by atoms with E-state index in [4.69, 9.17) is 9.78 Å². The molecule has 6 nitrogen and oxygen atoms in total. The molecule has 0 amide bonds. The van der Waals surface area contributed by atoms with Crippen LogP contribution in [0.25, 0.3) is 0 Å². The summed E-state index contributed by atoms with van der Waals surface area (Å²) < 4.78 is 0. The summed E-state index contributed by atoms with van der Waals surface area (Å²) in [6.07, 6.45) is 6.65. The molecule has 0 bridgehead atoms. The second-order valence-electron chi connectivity index (χ2n) is 5.77. The van der Waals surface area contributed by atoms with Gasteiger partial charge in [-0.2, -0.15) is 0 Å². The summed E-state index contributed by atoms with van der Waals surface area (Å²) in [5.41, 5.74) is -1.73. The van der Waals surface area contributed by atoms with Crippen LogP contribution in [0.5, 0.6) is 0 Å². The zero-order chi connectivity index (χ0) is 14.6. The highest BCUT2D eigenvalue weighted by Crippen LogP contribution is 2.38. The number of hydrogen-bond acceptors (Lipinski definition) is 4. The molecule has 2 atom stereocenters. The van der Waals surface area contributed by atoms with E-state index in [1.165, 1.54) is 0 Å². The Bertz CT molecular complexity index is 363. The maximum atomic E-state index is 11.6. The van der Waals surface area contributed by atoms with Crippen molar-refractivity contribution in [3.05, 3.63) is 0 Å². The van der Waals surface area contributed by atoms with E-state index in [1.54, 1.807) is 0 Å². The molecular formula is C14H22O6. The fourth-order valence-corrected chi connectivity index (χ4v) is 3.17. The predicted molar refractivity (Wildman–Crippen MR) is 69.0 cm³/mol. The molecule has 0 heterocycles. The van der Waals surface area contributed by atoms with Gasteiger partial charge in [0.1, 0.15) is 0 Å². The highest BCUT2D eigenvalue weighted by atomic mass is 17.2. The molecule has 0 aliphatic heterocycles. The normalized spacial score (nSPS) is 31.9. The fourth-order valence-electron chi connectivity index (χ4n) is 3.17. The standard InChI is InChI=1S/C14H22O6/c15-12(16)11-8-4-5-9-14(11,13(17)18)20-19-10-6-2-1-3-7-10/h10-11H,1-9H2,(H,15,16)(H,17,18). The van der Waals surface area contributed by atoms with E-state index in [1.807, 2.05) is 0 Å². The molecule has 0 radical (unpaired) electrons. The smallest absolute Gasteiger partial charge is 0.340 e. The Morgan fingerprint density at radius 2 is 1.60 bits per heavy atom. The fraction of sp³-hybridized carbons (Fsp3) is 0.857. The predicted octanol–water partition coefficient (Wildman–Crippen LogP) is 2.37. The van der Waals surface area contributed by atoms with Crippen LogP contribution in [-0.4, -0.2) is 33.9 Å². The van der Waals surface area contributed by atoms with E-state index in [0.29, 0.717) is 19.3 Å². The monoisotopic (exact) mass is 286 g/mol. The van der Waals surface area contributed by atoms with Crippen molar-refractivity contribution in [1.29, 1.82) is 0 Å². The van der Waals surface area contributed by atoms with Crippen molar-refractivity contribution in [3.8, 4) is 0 Å². The Morgan fingerprint density at radius 3 is 2.20 bits per heavy atom. The third-order valence-electron chi connectivity index (χ3n) is 4.40. The maximum Gasteiger partial charge on any atom is 0.340 e. The Hall–Kier alpha value is -1.14. The highest BCUT2D eigenvalue weighted by molar-refractivity contribution is 5.86. The van der Waals surface area contributed by atoms with Gasteiger partial charge in [0, 0.05) is 0 Å². The van der Waals surface area contributed by atoms with Gasteiger partial charge in [0.05, 0.1) is 12.0 Å². The van der Waals surface area contributed by atoms with Crippen LogP contribution in [-0.2, 0) is 19.4 Å². The van der Waals surface area contributed by atoms with Gasteiger partial charge in [0.15, 0.2) is 0 Å². The quantitative estimate of drug-likeness (QED) is 0.595. The third-order valence-corrected chi connectivity index (χ3v) is 4.40. The number of rotatable bonds is 5. The van der Waals surface area contributed by atoms with E-state index < -0.39 is 23.5 Å². The Labute approximate surface area is 118 Å². The number of carboxylic acids is 2. The zero-order valence-corrected chi connectivity index (χ0v) is 11.5. The topological polar surface area (TPSA) is 93.1 Å². The van der Waals surface area contributed by atoms with Crippen LogP contribution < -0.4 is 0 Å². The van der Waals surface area contributed by atoms with Crippen LogP contribution in [0.1, 0.15) is 57.8 Å². The van der Waals surface area contributed by atoms with Gasteiger partial charge in [0.25, 0.3) is 0 Å². The molecular weight excluding hydrogens is 264 g/mol. The Balaban J connectivity index is 2.06. The number of carbonyl (C=O) groups is 2. The summed E-state index contributed by atoms with van der Waals surface area (Å²) in [4.78, 5) is 33.5. The highest BCUT2D eigenvalue weighted by Gasteiger charge is 2.54. The van der Waals surface area contributed by atoms with E-state index in [0.717, 1.165) is 32.1 Å². The van der Waals surface area contributed by atoms with Crippen molar-refractivity contribution in [2.75, 3.05) is 0 Å². The van der Waals surface area contributed by atoms with Crippen LogP contribution >= 0.6 is 0 Å². The lowest BCUT2D eigenvalue weighted by Crippen LogP contribution is -2.53. The maximum absolute atomic E-state index is 11.6. The Morgan fingerprint density at radius 1 is 0.950 bits per heavy atom. The molecule has 2 aliphatic rings. The summed E-state index contributed by atoms with van der Waals surface area (Å²) in [6.45, 7) is 0. The van der Waals surface area contributed by atoms with Crippen molar-refractivity contribution < 1.29 is 29.6 Å². The first-order chi connectivity index (χ1) is 9.56. The van der Waals surface area contributed by atoms with Crippen molar-refractivity contribution in [1.82, 2.24) is 0 Å². The van der Waals surface area contributed by atoms with Crippen LogP contribution in [0.2, 0.25) is 0 Å². The van der Waals surface area contributed by atoms with Gasteiger partial charge in [-0.3, -0.25) is 4.79 Å². The summed E-state index contributed by atoms with van der Waals surface area (Å²) in [6, 6.07) is 0. The zero-order valence-electron chi connectivity index (χ0n) is 11.5. The first kappa shape index (κ1) is 15.3. The van der Waals surface area contributed by atoms with Crippen molar-refractivity contribution in [2.45, 2.75) is 69.5 Å². The lowest BCUT2D eigenvalue weighted by molar-refractivity contribution is -0.391. The van der Waals surface area contributed by atoms with Crippen LogP contribution in [0.3, 0.4) is 0 Å². The van der Waals surface area contributed by atoms with Crippen molar-refractivity contribution in [3.63, 3.8) is 0 Å². The summed E-state index contributed by atoms with van der Waals surface area (Å²) in [5.74, 6) is -3.41. The molecule has 0 saturated heterocycles. The minimum absolute atomic E-state index is 0.114. The van der Waals surface area contributed by atoms with Crippen LogP contribution in [0.4, 0.5) is 0 Å². The SMILES string of the molecule is O=C(O)C1CCCCC1(OOC1CCCCC1)C(=O)O. The molecule has 0 aromatic carbocycles. The largest absolute Gasteiger partial charge is 0.481 e. The van der Waals surface area contributed by atoms with Crippen molar-refractivity contribution >= 4 is 11.9 Å². The summed E-state index contributed by atoms with van der Waals surface area (Å²) in [5, 5.41) is 18.7. The van der Waals surface area contributed by atoms with E-state index in [9.17, 15) is 19.8 Å². The first-order valence-corrected chi connectivity index (χ1v) is 7.37. The second kappa shape index (κ2) is 6.54. The molecule has 2 aliphatic carbocycles. The van der Waals surface area contributed by atoms with E-state index >= 15 is 0 Å². The lowest BCUT2D eigenvalue weighted by atomic mass is 9.75. The minimum Gasteiger partial charge on any atom is -0.481 e. The van der Waals surface area contributed by atoms with Gasteiger partial charge < -0.3 is 10.2 Å². The van der Waals surface area contributed by atoms with Crippen LogP contribution in [0, 0.1) is 5.92 Å². The van der Waals surface area contributed by atoms with Gasteiger partial charge >= 0.3 is 11.9 Å². The molecule has 2 rings (SSSR count). The van der Waals surface area contributed by atoms with Gasteiger partial charge in [-0.25, -0.2) is 14.6 Å². The number of aliphatic carboxylic acids is 2. The number of hydrogen-bond donors (Lipinski definition) is 2. The van der Waals surface area contributed by atoms with Gasteiger partial charge in [-0.1, -0.05) is 25.7 Å². The molecule has 0 spiro atoms. The summed E-state index contributed by atoms with van der Waals surface area (Å²) in [7, 11) is 0. The second-order valence-corrected chi connectivity index (χ2v) is 5.77. The molecule has 6 heteroatoms.